The van der Waals surface area contributed by atoms with Crippen LogP contribution in [0.3, 0.4) is 0 Å². The number of morpholine rings is 1. The minimum Gasteiger partial charge on any atom is -0.378 e. The van der Waals surface area contributed by atoms with Crippen LogP contribution in [0.25, 0.3) is 0 Å². The van der Waals surface area contributed by atoms with Gasteiger partial charge in [-0.15, -0.1) is 0 Å². The predicted molar refractivity (Wildman–Crippen MR) is 126 cm³/mol. The van der Waals surface area contributed by atoms with Crippen molar-refractivity contribution in [2.24, 2.45) is 0 Å². The fourth-order valence-corrected chi connectivity index (χ4v) is 5.67. The van der Waals surface area contributed by atoms with Gasteiger partial charge < -0.3 is 19.9 Å². The molecule has 180 valence electrons. The number of nitrogens with one attached hydrogen (secondary N) is 1. The van der Waals surface area contributed by atoms with E-state index in [2.05, 4.69) is 15.2 Å². The maximum Gasteiger partial charge on any atom is 0.254 e. The molecule has 2 amide bonds. The summed E-state index contributed by atoms with van der Waals surface area (Å²) in [7, 11) is 0. The first-order valence-corrected chi connectivity index (χ1v) is 12.1. The molecular formula is C26H31FN4O3. The zero-order chi connectivity index (χ0) is 23.7. The number of carbonyl (C=O) groups is 2. The smallest absolute Gasteiger partial charge is 0.254 e. The van der Waals surface area contributed by atoms with Gasteiger partial charge in [0.25, 0.3) is 5.91 Å². The van der Waals surface area contributed by atoms with Crippen molar-refractivity contribution in [3.8, 4) is 0 Å². The van der Waals surface area contributed by atoms with Crippen molar-refractivity contribution in [3.63, 3.8) is 0 Å². The van der Waals surface area contributed by atoms with E-state index in [1.807, 2.05) is 17.9 Å². The third-order valence-electron chi connectivity index (χ3n) is 7.40. The lowest BCUT2D eigenvalue weighted by Crippen LogP contribution is -2.56. The number of nitrogens with zero attached hydrogens (tertiary/aromatic N) is 3. The Morgan fingerprint density at radius 1 is 1.18 bits per heavy atom. The Hall–Kier alpha value is -3.00. The molecule has 7 nitrogen and oxygen atoms in total. The van der Waals surface area contributed by atoms with Crippen LogP contribution in [-0.2, 0) is 9.53 Å². The summed E-state index contributed by atoms with van der Waals surface area (Å²) in [6, 6.07) is 9.55. The molecular weight excluding hydrogens is 435 g/mol. The molecule has 34 heavy (non-hydrogen) atoms. The monoisotopic (exact) mass is 466 g/mol. The maximum absolute atomic E-state index is 14.1. The Labute approximate surface area is 199 Å². The minimum atomic E-state index is -0.549. The van der Waals surface area contributed by atoms with Crippen LogP contribution in [0.2, 0.25) is 0 Å². The lowest BCUT2D eigenvalue weighted by atomic mass is 9.85. The molecule has 8 heteroatoms. The average Bonchev–Trinajstić information content (AvgIpc) is 3.12. The quantitative estimate of drug-likeness (QED) is 0.750. The molecule has 0 spiro atoms. The predicted octanol–water partition coefficient (Wildman–Crippen LogP) is 3.46. The van der Waals surface area contributed by atoms with Gasteiger partial charge in [0.2, 0.25) is 5.91 Å². The van der Waals surface area contributed by atoms with Crippen molar-refractivity contribution < 1.29 is 18.7 Å². The molecule has 3 fully saturated rings. The van der Waals surface area contributed by atoms with Crippen LogP contribution in [0.15, 0.2) is 42.6 Å². The lowest BCUT2D eigenvalue weighted by molar-refractivity contribution is -0.123. The molecule has 1 N–H and O–H groups in total. The number of hydrogen-bond acceptors (Lipinski definition) is 5. The molecule has 0 radical (unpaired) electrons. The number of benzene rings is 1. The van der Waals surface area contributed by atoms with E-state index in [0.29, 0.717) is 31.6 Å². The first-order chi connectivity index (χ1) is 16.4. The van der Waals surface area contributed by atoms with E-state index in [9.17, 15) is 14.0 Å². The van der Waals surface area contributed by atoms with Gasteiger partial charge in [0.05, 0.1) is 30.8 Å². The van der Waals surface area contributed by atoms with Crippen molar-refractivity contribution in [2.75, 3.05) is 31.2 Å². The van der Waals surface area contributed by atoms with Gasteiger partial charge in [0.1, 0.15) is 11.6 Å². The highest BCUT2D eigenvalue weighted by Gasteiger charge is 2.52. The van der Waals surface area contributed by atoms with Gasteiger partial charge in [0, 0.05) is 31.3 Å². The topological polar surface area (TPSA) is 74.8 Å². The van der Waals surface area contributed by atoms with Gasteiger partial charge in [0.15, 0.2) is 0 Å². The zero-order valence-corrected chi connectivity index (χ0v) is 19.5. The van der Waals surface area contributed by atoms with Crippen LogP contribution in [0.4, 0.5) is 10.2 Å². The Morgan fingerprint density at radius 2 is 1.94 bits per heavy atom. The number of hydrogen-bond donors (Lipinski definition) is 1. The van der Waals surface area contributed by atoms with Gasteiger partial charge in [-0.05, 0) is 56.0 Å². The van der Waals surface area contributed by atoms with Crippen LogP contribution < -0.4 is 10.2 Å². The fourth-order valence-electron chi connectivity index (χ4n) is 5.67. The Morgan fingerprint density at radius 3 is 2.71 bits per heavy atom. The number of aromatic nitrogens is 1. The van der Waals surface area contributed by atoms with E-state index in [0.717, 1.165) is 43.7 Å². The number of halogens is 1. The third-order valence-corrected chi connectivity index (χ3v) is 7.40. The maximum atomic E-state index is 14.1. The number of carbonyl (C=O) groups excluding carboxylic acids is 2. The molecule has 4 heterocycles. The minimum absolute atomic E-state index is 0.0258. The molecule has 2 aromatic rings. The molecule has 1 aromatic carbocycles. The standard InChI is InChI=1S/C26H31FN4O3/c1-26-17-21(18-6-8-20(27)9-7-18)31(22(26)4-2-3-5-24(32)29-26)25(33)19-10-11-28-23(16-19)30-12-14-34-15-13-30/h6-11,16,21-22H,2-5,12-15,17H2,1H3,(H,29,32)/t21-,22-,26-/m0/s1. The van der Waals surface area contributed by atoms with Gasteiger partial charge >= 0.3 is 0 Å². The zero-order valence-electron chi connectivity index (χ0n) is 19.5. The lowest BCUT2D eigenvalue weighted by Gasteiger charge is -2.38. The second kappa shape index (κ2) is 9.33. The molecule has 1 aromatic heterocycles. The van der Waals surface area contributed by atoms with E-state index in [-0.39, 0.29) is 29.7 Å². The van der Waals surface area contributed by atoms with Gasteiger partial charge in [-0.3, -0.25) is 9.59 Å². The van der Waals surface area contributed by atoms with Crippen LogP contribution in [0, 0.1) is 5.82 Å². The summed E-state index contributed by atoms with van der Waals surface area (Å²) in [4.78, 5) is 35.2. The van der Waals surface area contributed by atoms with E-state index in [4.69, 9.17) is 4.74 Å². The highest BCUT2D eigenvalue weighted by atomic mass is 19.1. The Bertz CT molecular complexity index is 1060. The summed E-state index contributed by atoms with van der Waals surface area (Å²) >= 11 is 0. The molecule has 0 saturated carbocycles. The number of rotatable bonds is 3. The van der Waals surface area contributed by atoms with Gasteiger partial charge in [-0.1, -0.05) is 18.6 Å². The largest absolute Gasteiger partial charge is 0.378 e. The molecule has 0 aliphatic carbocycles. The molecule has 0 unspecified atom stereocenters. The van der Waals surface area contributed by atoms with Gasteiger partial charge in [-0.25, -0.2) is 9.37 Å². The molecule has 3 aliphatic rings. The average molecular weight is 467 g/mol. The number of anilines is 1. The van der Waals surface area contributed by atoms with Gasteiger partial charge in [-0.2, -0.15) is 0 Å². The van der Waals surface area contributed by atoms with E-state index in [1.165, 1.54) is 12.1 Å². The second-order valence-electron chi connectivity index (χ2n) is 9.71. The third kappa shape index (κ3) is 4.39. The first kappa shape index (κ1) is 22.8. The molecule has 0 bridgehead atoms. The summed E-state index contributed by atoms with van der Waals surface area (Å²) in [6.07, 6.45) is 5.26. The van der Waals surface area contributed by atoms with Crippen molar-refractivity contribution in [3.05, 3.63) is 59.5 Å². The first-order valence-electron chi connectivity index (χ1n) is 12.1. The van der Waals surface area contributed by atoms with Crippen molar-refractivity contribution >= 4 is 17.6 Å². The highest BCUT2D eigenvalue weighted by Crippen LogP contribution is 2.45. The summed E-state index contributed by atoms with van der Waals surface area (Å²) in [5, 5.41) is 3.23. The molecule has 5 rings (SSSR count). The number of ether oxygens (including phenoxy) is 1. The van der Waals surface area contributed by atoms with E-state index < -0.39 is 5.54 Å². The summed E-state index contributed by atoms with van der Waals surface area (Å²) in [5.41, 5.74) is 0.896. The molecule has 3 aliphatic heterocycles. The Kier molecular flexibility index (Phi) is 6.25. The molecule has 3 atom stereocenters. The fraction of sp³-hybridized carbons (Fsp3) is 0.500. The number of amides is 2. The van der Waals surface area contributed by atoms with Crippen LogP contribution in [0.1, 0.15) is 61.0 Å². The number of likely N-dealkylation sites (tertiary alicyclic amines) is 1. The number of pyridine rings is 1. The van der Waals surface area contributed by atoms with Crippen LogP contribution >= 0.6 is 0 Å². The van der Waals surface area contributed by atoms with Crippen LogP contribution in [-0.4, -0.2) is 59.6 Å². The normalized spacial score (nSPS) is 27.5. The highest BCUT2D eigenvalue weighted by molar-refractivity contribution is 5.96. The van der Waals surface area contributed by atoms with Crippen molar-refractivity contribution in [1.82, 2.24) is 15.2 Å². The summed E-state index contributed by atoms with van der Waals surface area (Å²) in [5.74, 6) is 0.391. The van der Waals surface area contributed by atoms with Crippen LogP contribution in [0.5, 0.6) is 0 Å². The number of fused-ring (bicyclic) bond motifs is 1. The van der Waals surface area contributed by atoms with Crippen molar-refractivity contribution in [2.45, 2.75) is 56.7 Å². The van der Waals surface area contributed by atoms with Crippen molar-refractivity contribution in [1.29, 1.82) is 0 Å². The summed E-state index contributed by atoms with van der Waals surface area (Å²) in [6.45, 7) is 4.78. The van der Waals surface area contributed by atoms with E-state index >= 15 is 0 Å². The Balaban J connectivity index is 1.52. The summed E-state index contributed by atoms with van der Waals surface area (Å²) < 4.78 is 19.1. The van der Waals surface area contributed by atoms with E-state index in [1.54, 1.807) is 24.4 Å². The second-order valence-corrected chi connectivity index (χ2v) is 9.71. The SMILES string of the molecule is C[C@]12C[C@@H](c3ccc(F)cc3)N(C(=O)c3ccnc(N4CCOCC4)c3)[C@H]1CCCCC(=O)N2. The molecule has 3 saturated heterocycles.